The van der Waals surface area contributed by atoms with Gasteiger partial charge in [0.05, 0.1) is 13.0 Å². The predicted octanol–water partition coefficient (Wildman–Crippen LogP) is 5.32. The Morgan fingerprint density at radius 1 is 0.933 bits per heavy atom. The van der Waals surface area contributed by atoms with Crippen molar-refractivity contribution in [2.45, 2.75) is 25.3 Å². The highest BCUT2D eigenvalue weighted by atomic mass is 16.5. The maximum absolute atomic E-state index is 11.8. The van der Waals surface area contributed by atoms with Crippen molar-refractivity contribution in [1.82, 2.24) is 0 Å². The van der Waals surface area contributed by atoms with Crippen molar-refractivity contribution < 1.29 is 14.3 Å². The lowest BCUT2D eigenvalue weighted by atomic mass is 9.95. The molecule has 2 unspecified atom stereocenters. The van der Waals surface area contributed by atoms with Crippen molar-refractivity contribution in [3.63, 3.8) is 0 Å². The molecule has 1 fully saturated rings. The average molecular weight is 399 g/mol. The van der Waals surface area contributed by atoms with Crippen LogP contribution in [0.1, 0.15) is 29.0 Å². The van der Waals surface area contributed by atoms with Crippen LogP contribution in [0.5, 0.6) is 11.5 Å². The van der Waals surface area contributed by atoms with E-state index in [1.165, 1.54) is 29.5 Å². The lowest BCUT2D eigenvalue weighted by molar-refractivity contribution is -0.142. The van der Waals surface area contributed by atoms with Crippen LogP contribution in [0.15, 0.2) is 72.8 Å². The SMILES string of the molecule is COC(=O)C1CC1c1ccc2c(c1)CCN(c1cccc(Oc3ccccc3)c1)C2. The second kappa shape index (κ2) is 7.86. The van der Waals surface area contributed by atoms with Gasteiger partial charge in [0.15, 0.2) is 0 Å². The molecule has 0 spiro atoms. The third-order valence-corrected chi connectivity index (χ3v) is 6.13. The molecule has 1 saturated carbocycles. The molecule has 4 nitrogen and oxygen atoms in total. The van der Waals surface area contributed by atoms with Crippen molar-refractivity contribution >= 4 is 11.7 Å². The lowest BCUT2D eigenvalue weighted by Gasteiger charge is -2.31. The molecule has 0 N–H and O–H groups in total. The van der Waals surface area contributed by atoms with Gasteiger partial charge in [0.25, 0.3) is 0 Å². The number of rotatable bonds is 5. The van der Waals surface area contributed by atoms with Gasteiger partial charge in [-0.05, 0) is 59.7 Å². The molecular formula is C26H25NO3. The van der Waals surface area contributed by atoms with E-state index in [4.69, 9.17) is 9.47 Å². The van der Waals surface area contributed by atoms with Crippen LogP contribution in [0.25, 0.3) is 0 Å². The van der Waals surface area contributed by atoms with E-state index in [0.717, 1.165) is 37.4 Å². The number of hydrogen-bond acceptors (Lipinski definition) is 4. The van der Waals surface area contributed by atoms with Gasteiger partial charge in [0.2, 0.25) is 0 Å². The number of benzene rings is 3. The first kappa shape index (κ1) is 18.7. The van der Waals surface area contributed by atoms with E-state index in [1.807, 2.05) is 42.5 Å². The summed E-state index contributed by atoms with van der Waals surface area (Å²) >= 11 is 0. The summed E-state index contributed by atoms with van der Waals surface area (Å²) in [7, 11) is 1.47. The van der Waals surface area contributed by atoms with Crippen molar-refractivity contribution in [3.05, 3.63) is 89.5 Å². The number of carbonyl (C=O) groups excluding carboxylic acids is 1. The molecule has 5 rings (SSSR count). The number of methoxy groups -OCH3 is 1. The number of nitrogens with zero attached hydrogens (tertiary/aromatic N) is 1. The number of anilines is 1. The van der Waals surface area contributed by atoms with Crippen LogP contribution in [0, 0.1) is 5.92 Å². The van der Waals surface area contributed by atoms with E-state index in [0.29, 0.717) is 5.92 Å². The molecule has 0 aromatic heterocycles. The van der Waals surface area contributed by atoms with Crippen LogP contribution in [0.2, 0.25) is 0 Å². The minimum atomic E-state index is -0.0819. The Morgan fingerprint density at radius 2 is 1.77 bits per heavy atom. The molecule has 30 heavy (non-hydrogen) atoms. The first-order valence-corrected chi connectivity index (χ1v) is 10.5. The summed E-state index contributed by atoms with van der Waals surface area (Å²) in [6.45, 7) is 1.85. The smallest absolute Gasteiger partial charge is 0.309 e. The zero-order valence-corrected chi connectivity index (χ0v) is 17.1. The molecule has 1 aliphatic heterocycles. The van der Waals surface area contributed by atoms with Crippen molar-refractivity contribution in [3.8, 4) is 11.5 Å². The minimum Gasteiger partial charge on any atom is -0.469 e. The lowest BCUT2D eigenvalue weighted by Crippen LogP contribution is -2.30. The van der Waals surface area contributed by atoms with E-state index in [-0.39, 0.29) is 11.9 Å². The predicted molar refractivity (Wildman–Crippen MR) is 117 cm³/mol. The maximum Gasteiger partial charge on any atom is 0.309 e. The standard InChI is InChI=1S/C26H25NO3/c1-29-26(28)25-16-24(25)19-10-11-20-17-27(13-12-18(20)14-19)21-6-5-9-23(15-21)30-22-7-3-2-4-8-22/h2-11,14-15,24-25H,12-13,16-17H2,1H3. The summed E-state index contributed by atoms with van der Waals surface area (Å²) in [5, 5.41) is 0. The summed E-state index contributed by atoms with van der Waals surface area (Å²) in [4.78, 5) is 14.1. The fourth-order valence-corrected chi connectivity index (χ4v) is 4.37. The third kappa shape index (κ3) is 3.78. The van der Waals surface area contributed by atoms with Crippen LogP contribution in [0.4, 0.5) is 5.69 Å². The Bertz CT molecular complexity index is 1060. The molecule has 1 aliphatic carbocycles. The van der Waals surface area contributed by atoms with Crippen LogP contribution in [-0.2, 0) is 22.5 Å². The Morgan fingerprint density at radius 3 is 2.60 bits per heavy atom. The van der Waals surface area contributed by atoms with Gasteiger partial charge < -0.3 is 14.4 Å². The van der Waals surface area contributed by atoms with Gasteiger partial charge in [0.1, 0.15) is 11.5 Å². The van der Waals surface area contributed by atoms with Gasteiger partial charge in [-0.2, -0.15) is 0 Å². The van der Waals surface area contributed by atoms with Crippen molar-refractivity contribution in [2.24, 2.45) is 5.92 Å². The van der Waals surface area contributed by atoms with Gasteiger partial charge in [0, 0.05) is 24.8 Å². The van der Waals surface area contributed by atoms with Gasteiger partial charge in [-0.3, -0.25) is 4.79 Å². The summed E-state index contributed by atoms with van der Waals surface area (Å²) in [6, 6.07) is 24.9. The second-order valence-electron chi connectivity index (χ2n) is 8.08. The average Bonchev–Trinajstić information content (AvgIpc) is 3.60. The van der Waals surface area contributed by atoms with E-state index in [1.54, 1.807) is 0 Å². The number of esters is 1. The van der Waals surface area contributed by atoms with E-state index in [2.05, 4.69) is 35.2 Å². The number of ether oxygens (including phenoxy) is 2. The molecule has 2 atom stereocenters. The molecule has 0 bridgehead atoms. The van der Waals surface area contributed by atoms with Crippen LogP contribution >= 0.6 is 0 Å². The molecule has 0 radical (unpaired) electrons. The highest BCUT2D eigenvalue weighted by molar-refractivity contribution is 5.77. The molecule has 0 saturated heterocycles. The zero-order valence-electron chi connectivity index (χ0n) is 17.1. The third-order valence-electron chi connectivity index (χ3n) is 6.13. The monoisotopic (exact) mass is 399 g/mol. The highest BCUT2D eigenvalue weighted by Crippen LogP contribution is 2.48. The van der Waals surface area contributed by atoms with Crippen LogP contribution in [-0.4, -0.2) is 19.6 Å². The molecular weight excluding hydrogens is 374 g/mol. The largest absolute Gasteiger partial charge is 0.469 e. The first-order chi connectivity index (χ1) is 14.7. The molecule has 3 aromatic carbocycles. The Hall–Kier alpha value is -3.27. The fraction of sp³-hybridized carbons (Fsp3) is 0.269. The van der Waals surface area contributed by atoms with Gasteiger partial charge in [-0.15, -0.1) is 0 Å². The molecule has 2 aliphatic rings. The van der Waals surface area contributed by atoms with E-state index >= 15 is 0 Å². The number of para-hydroxylation sites is 1. The molecule has 152 valence electrons. The van der Waals surface area contributed by atoms with E-state index in [9.17, 15) is 4.79 Å². The first-order valence-electron chi connectivity index (χ1n) is 10.5. The molecule has 4 heteroatoms. The highest BCUT2D eigenvalue weighted by Gasteiger charge is 2.45. The fourth-order valence-electron chi connectivity index (χ4n) is 4.37. The minimum absolute atomic E-state index is 0.0421. The van der Waals surface area contributed by atoms with Crippen LogP contribution in [0.3, 0.4) is 0 Å². The van der Waals surface area contributed by atoms with E-state index < -0.39 is 0 Å². The Labute approximate surface area is 177 Å². The van der Waals surface area contributed by atoms with Crippen molar-refractivity contribution in [2.75, 3.05) is 18.6 Å². The number of hydrogen-bond donors (Lipinski definition) is 0. The van der Waals surface area contributed by atoms with Gasteiger partial charge in [-0.1, -0.05) is 42.5 Å². The quantitative estimate of drug-likeness (QED) is 0.545. The van der Waals surface area contributed by atoms with Crippen LogP contribution < -0.4 is 9.64 Å². The van der Waals surface area contributed by atoms with Gasteiger partial charge >= 0.3 is 5.97 Å². The Kier molecular flexibility index (Phi) is 4.91. The topological polar surface area (TPSA) is 38.8 Å². The second-order valence-corrected chi connectivity index (χ2v) is 8.08. The molecule has 0 amide bonds. The summed E-state index contributed by atoms with van der Waals surface area (Å²) < 4.78 is 10.9. The summed E-state index contributed by atoms with van der Waals surface area (Å²) in [6.07, 6.45) is 1.91. The zero-order chi connectivity index (χ0) is 20.5. The van der Waals surface area contributed by atoms with Gasteiger partial charge in [-0.25, -0.2) is 0 Å². The maximum atomic E-state index is 11.8. The number of fused-ring (bicyclic) bond motifs is 1. The molecule has 3 aromatic rings. The van der Waals surface area contributed by atoms with Crippen molar-refractivity contribution in [1.29, 1.82) is 0 Å². The summed E-state index contributed by atoms with van der Waals surface area (Å²) in [5.74, 6) is 1.98. The Balaban J connectivity index is 1.29. The summed E-state index contributed by atoms with van der Waals surface area (Å²) in [5.41, 5.74) is 5.20. The normalized spacial score (nSPS) is 19.7. The molecule has 1 heterocycles. The number of carbonyl (C=O) groups is 1.